The molecule has 1 aliphatic carbocycles. The van der Waals surface area contributed by atoms with Crippen molar-refractivity contribution in [2.75, 3.05) is 0 Å². The maximum absolute atomic E-state index is 12.5. The third-order valence-electron chi connectivity index (χ3n) is 4.80. The molecular weight excluding hydrogens is 340 g/mol. The number of likely N-dealkylation sites (tertiary alicyclic amines) is 1. The van der Waals surface area contributed by atoms with Gasteiger partial charge in [-0.15, -0.1) is 0 Å². The Kier molecular flexibility index (Phi) is 4.83. The number of rotatable bonds is 5. The summed E-state index contributed by atoms with van der Waals surface area (Å²) in [6.07, 6.45) is 4.79. The number of ether oxygens (including phenoxy) is 1. The van der Waals surface area contributed by atoms with Gasteiger partial charge in [-0.05, 0) is 37.5 Å². The standard InChI is InChI=1S/C18H18N2O6/c1-11(19-16(21)14-4-2-3-5-15(14)17(19)22)18(23)26-10-12-6-8-13(9-7-12)20(24)25/h2-3,6-9,11,14-15H,4-5,10H2,1H3/t11-,14-,15+/m0/s1. The van der Waals surface area contributed by atoms with E-state index < -0.39 is 28.8 Å². The minimum absolute atomic E-state index is 0.0575. The normalized spacial score (nSPS) is 22.9. The maximum Gasteiger partial charge on any atom is 0.329 e. The summed E-state index contributed by atoms with van der Waals surface area (Å²) in [7, 11) is 0. The van der Waals surface area contributed by atoms with Crippen LogP contribution >= 0.6 is 0 Å². The lowest BCUT2D eigenvalue weighted by Gasteiger charge is -2.21. The predicted molar refractivity (Wildman–Crippen MR) is 89.6 cm³/mol. The fourth-order valence-corrected chi connectivity index (χ4v) is 3.30. The first-order valence-corrected chi connectivity index (χ1v) is 8.32. The van der Waals surface area contributed by atoms with Crippen LogP contribution in [-0.2, 0) is 25.7 Å². The number of benzene rings is 1. The second-order valence-electron chi connectivity index (χ2n) is 6.41. The first kappa shape index (κ1) is 17.8. The number of carbonyl (C=O) groups is 3. The van der Waals surface area contributed by atoms with Crippen LogP contribution < -0.4 is 0 Å². The fraction of sp³-hybridized carbons (Fsp3) is 0.389. The zero-order valence-corrected chi connectivity index (χ0v) is 14.2. The van der Waals surface area contributed by atoms with E-state index in [9.17, 15) is 24.5 Å². The van der Waals surface area contributed by atoms with E-state index in [1.807, 2.05) is 12.2 Å². The lowest BCUT2D eigenvalue weighted by atomic mass is 9.85. The molecule has 0 spiro atoms. The molecule has 1 aliphatic heterocycles. The highest BCUT2D eigenvalue weighted by Crippen LogP contribution is 2.36. The molecular formula is C18H18N2O6. The smallest absolute Gasteiger partial charge is 0.329 e. The number of nitro groups is 1. The summed E-state index contributed by atoms with van der Waals surface area (Å²) in [5.41, 5.74) is 0.519. The minimum atomic E-state index is -1.00. The largest absolute Gasteiger partial charge is 0.459 e. The van der Waals surface area contributed by atoms with Crippen molar-refractivity contribution in [2.24, 2.45) is 11.8 Å². The number of esters is 1. The van der Waals surface area contributed by atoms with Crippen LogP contribution in [0.3, 0.4) is 0 Å². The Morgan fingerprint density at radius 1 is 1.19 bits per heavy atom. The zero-order valence-electron chi connectivity index (χ0n) is 14.2. The van der Waals surface area contributed by atoms with Gasteiger partial charge in [0.25, 0.3) is 5.69 Å². The Hall–Kier alpha value is -3.03. The zero-order chi connectivity index (χ0) is 18.8. The number of fused-ring (bicyclic) bond motifs is 1. The summed E-state index contributed by atoms with van der Waals surface area (Å²) in [6.45, 7) is 1.38. The molecule has 1 heterocycles. The topological polar surface area (TPSA) is 107 Å². The van der Waals surface area contributed by atoms with Gasteiger partial charge >= 0.3 is 5.97 Å². The Morgan fingerprint density at radius 3 is 2.23 bits per heavy atom. The van der Waals surface area contributed by atoms with Gasteiger partial charge < -0.3 is 4.74 Å². The molecule has 0 saturated carbocycles. The molecule has 3 rings (SSSR count). The molecule has 2 amide bonds. The highest BCUT2D eigenvalue weighted by Gasteiger charge is 2.50. The van der Waals surface area contributed by atoms with Gasteiger partial charge in [0.15, 0.2) is 0 Å². The molecule has 2 aliphatic rings. The number of hydrogen-bond donors (Lipinski definition) is 0. The van der Waals surface area contributed by atoms with E-state index in [2.05, 4.69) is 0 Å². The van der Waals surface area contributed by atoms with Crippen LogP contribution in [0.15, 0.2) is 36.4 Å². The fourth-order valence-electron chi connectivity index (χ4n) is 3.30. The molecule has 1 fully saturated rings. The van der Waals surface area contributed by atoms with Crippen LogP contribution in [0, 0.1) is 22.0 Å². The molecule has 0 N–H and O–H groups in total. The molecule has 0 unspecified atom stereocenters. The van der Waals surface area contributed by atoms with Gasteiger partial charge in [0.1, 0.15) is 12.6 Å². The van der Waals surface area contributed by atoms with Gasteiger partial charge in [-0.25, -0.2) is 4.79 Å². The van der Waals surface area contributed by atoms with E-state index in [0.29, 0.717) is 18.4 Å². The summed E-state index contributed by atoms with van der Waals surface area (Å²) in [5.74, 6) is -2.13. The van der Waals surface area contributed by atoms with Crippen LogP contribution in [0.2, 0.25) is 0 Å². The second kappa shape index (κ2) is 7.07. The van der Waals surface area contributed by atoms with E-state index in [1.54, 1.807) is 0 Å². The van der Waals surface area contributed by atoms with E-state index in [4.69, 9.17) is 4.74 Å². The quantitative estimate of drug-likeness (QED) is 0.262. The predicted octanol–water partition coefficient (Wildman–Crippen LogP) is 1.98. The van der Waals surface area contributed by atoms with Crippen molar-refractivity contribution in [2.45, 2.75) is 32.4 Å². The van der Waals surface area contributed by atoms with Crippen molar-refractivity contribution < 1.29 is 24.0 Å². The Balaban J connectivity index is 1.62. The van der Waals surface area contributed by atoms with E-state index in [-0.39, 0.29) is 24.1 Å². The van der Waals surface area contributed by atoms with E-state index in [1.165, 1.54) is 31.2 Å². The molecule has 1 aromatic carbocycles. The van der Waals surface area contributed by atoms with Crippen molar-refractivity contribution in [3.05, 3.63) is 52.1 Å². The number of nitrogens with zero attached hydrogens (tertiary/aromatic N) is 2. The van der Waals surface area contributed by atoms with E-state index in [0.717, 1.165) is 4.90 Å². The van der Waals surface area contributed by atoms with Gasteiger partial charge in [-0.1, -0.05) is 12.2 Å². The van der Waals surface area contributed by atoms with Crippen LogP contribution in [0.1, 0.15) is 25.3 Å². The molecule has 1 aromatic rings. The molecule has 26 heavy (non-hydrogen) atoms. The first-order valence-electron chi connectivity index (χ1n) is 8.32. The van der Waals surface area contributed by atoms with Gasteiger partial charge in [0.2, 0.25) is 11.8 Å². The average Bonchev–Trinajstić information content (AvgIpc) is 2.90. The molecule has 0 aromatic heterocycles. The molecule has 1 saturated heterocycles. The Bertz CT molecular complexity index is 759. The third-order valence-corrected chi connectivity index (χ3v) is 4.80. The summed E-state index contributed by atoms with van der Waals surface area (Å²) in [6, 6.07) is 4.61. The first-order chi connectivity index (χ1) is 12.4. The lowest BCUT2D eigenvalue weighted by Crippen LogP contribution is -2.44. The van der Waals surface area contributed by atoms with Crippen molar-refractivity contribution in [3.63, 3.8) is 0 Å². The number of hydrogen-bond acceptors (Lipinski definition) is 6. The Morgan fingerprint density at radius 2 is 1.73 bits per heavy atom. The van der Waals surface area contributed by atoms with Gasteiger partial charge in [0, 0.05) is 12.1 Å². The van der Waals surface area contributed by atoms with Crippen molar-refractivity contribution in [1.29, 1.82) is 0 Å². The van der Waals surface area contributed by atoms with Crippen molar-refractivity contribution in [3.8, 4) is 0 Å². The van der Waals surface area contributed by atoms with Crippen molar-refractivity contribution in [1.82, 2.24) is 4.90 Å². The monoisotopic (exact) mass is 358 g/mol. The molecule has 0 radical (unpaired) electrons. The highest BCUT2D eigenvalue weighted by molar-refractivity contribution is 6.08. The summed E-state index contributed by atoms with van der Waals surface area (Å²) >= 11 is 0. The molecule has 0 bridgehead atoms. The number of imide groups is 1. The second-order valence-corrected chi connectivity index (χ2v) is 6.41. The molecule has 3 atom stereocenters. The molecule has 8 nitrogen and oxygen atoms in total. The van der Waals surface area contributed by atoms with Gasteiger partial charge in [0.05, 0.1) is 16.8 Å². The van der Waals surface area contributed by atoms with Crippen LogP contribution in [0.25, 0.3) is 0 Å². The number of non-ortho nitro benzene ring substituents is 1. The summed E-state index contributed by atoms with van der Waals surface area (Å²) in [5, 5.41) is 10.6. The number of carbonyl (C=O) groups excluding carboxylic acids is 3. The minimum Gasteiger partial charge on any atom is -0.459 e. The van der Waals surface area contributed by atoms with Gasteiger partial charge in [-0.3, -0.25) is 24.6 Å². The van der Waals surface area contributed by atoms with Crippen LogP contribution in [0.4, 0.5) is 5.69 Å². The Labute approximate surface area is 149 Å². The van der Waals surface area contributed by atoms with Gasteiger partial charge in [-0.2, -0.15) is 0 Å². The molecule has 136 valence electrons. The maximum atomic E-state index is 12.5. The number of amides is 2. The third kappa shape index (κ3) is 3.22. The van der Waals surface area contributed by atoms with Crippen LogP contribution in [0.5, 0.6) is 0 Å². The summed E-state index contributed by atoms with van der Waals surface area (Å²) < 4.78 is 5.18. The number of allylic oxidation sites excluding steroid dienone is 2. The van der Waals surface area contributed by atoms with E-state index >= 15 is 0 Å². The van der Waals surface area contributed by atoms with Crippen molar-refractivity contribution >= 4 is 23.5 Å². The average molecular weight is 358 g/mol. The van der Waals surface area contributed by atoms with Crippen LogP contribution in [-0.4, -0.2) is 33.6 Å². The highest BCUT2D eigenvalue weighted by atomic mass is 16.6. The summed E-state index contributed by atoms with van der Waals surface area (Å²) in [4.78, 5) is 48.4. The lowest BCUT2D eigenvalue weighted by molar-refractivity contribution is -0.384. The SMILES string of the molecule is C[C@@H](C(=O)OCc1ccc([N+](=O)[O-])cc1)N1C(=O)[C@H]2CC=CC[C@H]2C1=O. The molecule has 8 heteroatoms. The number of nitro benzene ring substituents is 1.